The van der Waals surface area contributed by atoms with Gasteiger partial charge in [0.1, 0.15) is 23.9 Å². The van der Waals surface area contributed by atoms with E-state index in [0.717, 1.165) is 24.4 Å². The number of ether oxygens (including phenoxy) is 1. The highest BCUT2D eigenvalue weighted by Gasteiger charge is 2.44. The molecule has 3 rings (SSSR count). The molecule has 2 atom stereocenters. The van der Waals surface area contributed by atoms with Gasteiger partial charge in [-0.3, -0.25) is 0 Å². The molecule has 1 aliphatic heterocycles. The van der Waals surface area contributed by atoms with Crippen molar-refractivity contribution in [2.75, 3.05) is 6.61 Å². The third kappa shape index (κ3) is 2.64. The average molecular weight is 429 g/mol. The highest BCUT2D eigenvalue weighted by Crippen LogP contribution is 2.46. The predicted molar refractivity (Wildman–Crippen MR) is 88.4 cm³/mol. The number of aliphatic hydroxyl groups excluding tert-OH is 1. The lowest BCUT2D eigenvalue weighted by atomic mass is 9.76. The summed E-state index contributed by atoms with van der Waals surface area (Å²) >= 11 is 8.26. The number of thiophene rings is 1. The lowest BCUT2D eigenvalue weighted by Crippen LogP contribution is -2.38. The summed E-state index contributed by atoms with van der Waals surface area (Å²) in [5.41, 5.74) is -0.00279. The zero-order valence-corrected chi connectivity index (χ0v) is 14.8. The summed E-state index contributed by atoms with van der Waals surface area (Å²) in [5, 5.41) is 20.4. The Morgan fingerprint density at radius 1 is 1.38 bits per heavy atom. The van der Waals surface area contributed by atoms with E-state index in [-0.39, 0.29) is 6.61 Å². The summed E-state index contributed by atoms with van der Waals surface area (Å²) in [5.74, 6) is 0.795. The Bertz CT molecular complexity index is 705. The minimum absolute atomic E-state index is 0.189. The van der Waals surface area contributed by atoms with E-state index in [2.05, 4.69) is 37.9 Å². The number of benzene rings is 1. The molecule has 0 saturated carbocycles. The lowest BCUT2D eigenvalue weighted by Gasteiger charge is -2.35. The number of aliphatic hydroxyl groups is 1. The van der Waals surface area contributed by atoms with Crippen LogP contribution in [0.1, 0.15) is 16.5 Å². The number of nitrogens with zero attached hydrogens (tertiary/aromatic N) is 1. The van der Waals surface area contributed by atoms with Crippen LogP contribution in [0.4, 0.5) is 0 Å². The van der Waals surface area contributed by atoms with Crippen LogP contribution in [-0.4, -0.2) is 11.7 Å². The summed E-state index contributed by atoms with van der Waals surface area (Å²) in [7, 11) is 0. The van der Waals surface area contributed by atoms with E-state index in [1.807, 2.05) is 30.3 Å². The fraction of sp³-hybridized carbons (Fsp3) is 0.267. The van der Waals surface area contributed by atoms with Gasteiger partial charge >= 0.3 is 0 Å². The minimum atomic E-state index is -0.960. The Kier molecular flexibility index (Phi) is 4.10. The highest BCUT2D eigenvalue weighted by atomic mass is 79.9. The first-order chi connectivity index (χ1) is 10.1. The number of fused-ring (bicyclic) bond motifs is 1. The molecule has 0 amide bonds. The monoisotopic (exact) mass is 427 g/mol. The van der Waals surface area contributed by atoms with Crippen molar-refractivity contribution in [1.29, 1.82) is 5.26 Å². The van der Waals surface area contributed by atoms with Gasteiger partial charge < -0.3 is 9.84 Å². The van der Waals surface area contributed by atoms with Crippen molar-refractivity contribution in [3.63, 3.8) is 0 Å². The number of hydrogen-bond acceptors (Lipinski definition) is 4. The zero-order valence-electron chi connectivity index (χ0n) is 10.8. The normalized spacial score (nSPS) is 22.0. The molecule has 1 aromatic heterocycles. The van der Waals surface area contributed by atoms with Crippen LogP contribution in [0.5, 0.6) is 5.75 Å². The molecule has 1 aliphatic rings. The molecule has 1 N–H and O–H groups in total. The average Bonchev–Trinajstić information content (AvgIpc) is 2.85. The van der Waals surface area contributed by atoms with Crippen molar-refractivity contribution in [2.45, 2.75) is 12.5 Å². The van der Waals surface area contributed by atoms with Gasteiger partial charge in [0.2, 0.25) is 0 Å². The number of para-hydroxylation sites is 1. The van der Waals surface area contributed by atoms with Gasteiger partial charge in [-0.2, -0.15) is 5.26 Å². The first-order valence-corrected chi connectivity index (χ1v) is 8.71. The molecule has 0 fully saturated rings. The molecule has 2 unspecified atom stereocenters. The second kappa shape index (κ2) is 5.73. The summed E-state index contributed by atoms with van der Waals surface area (Å²) < 4.78 is 7.49. The molecule has 0 bridgehead atoms. The van der Waals surface area contributed by atoms with Crippen molar-refractivity contribution in [3.05, 3.63) is 49.0 Å². The molecular weight excluding hydrogens is 418 g/mol. The van der Waals surface area contributed by atoms with Gasteiger partial charge in [0.25, 0.3) is 0 Å². The zero-order chi connectivity index (χ0) is 15.0. The van der Waals surface area contributed by atoms with Crippen LogP contribution in [0.15, 0.2) is 38.6 Å². The fourth-order valence-corrected chi connectivity index (χ4v) is 4.66. The first kappa shape index (κ1) is 15.0. The van der Waals surface area contributed by atoms with Crippen LogP contribution in [0.2, 0.25) is 0 Å². The van der Waals surface area contributed by atoms with Crippen LogP contribution in [0.25, 0.3) is 0 Å². The number of nitriles is 1. The molecule has 3 nitrogen and oxygen atoms in total. The van der Waals surface area contributed by atoms with E-state index >= 15 is 0 Å². The van der Waals surface area contributed by atoms with Gasteiger partial charge in [-0.15, -0.1) is 11.3 Å². The van der Waals surface area contributed by atoms with E-state index in [0.29, 0.717) is 6.42 Å². The molecule has 2 heterocycles. The van der Waals surface area contributed by atoms with Crippen LogP contribution >= 0.6 is 43.2 Å². The topological polar surface area (TPSA) is 53.2 Å². The first-order valence-electron chi connectivity index (χ1n) is 6.30. The predicted octanol–water partition coefficient (Wildman–Crippen LogP) is 4.45. The SMILES string of the molecule is N#CC1(C(O)c2cc(Br)c(Br)s2)COc2ccccc2C1. The summed E-state index contributed by atoms with van der Waals surface area (Å²) in [6.07, 6.45) is -0.406. The fourth-order valence-electron chi connectivity index (χ4n) is 2.47. The number of halogens is 2. The Morgan fingerprint density at radius 2 is 2.14 bits per heavy atom. The largest absolute Gasteiger partial charge is 0.492 e. The molecule has 2 aromatic rings. The van der Waals surface area contributed by atoms with Crippen molar-refractivity contribution in [1.82, 2.24) is 0 Å². The van der Waals surface area contributed by atoms with Gasteiger partial charge in [0.05, 0.1) is 9.86 Å². The second-order valence-corrected chi connectivity index (χ2v) is 8.27. The van der Waals surface area contributed by atoms with Gasteiger partial charge in [-0.1, -0.05) is 18.2 Å². The molecule has 0 radical (unpaired) electrons. The van der Waals surface area contributed by atoms with Crippen molar-refractivity contribution in [3.8, 4) is 11.8 Å². The Labute approximate surface area is 143 Å². The highest BCUT2D eigenvalue weighted by molar-refractivity contribution is 9.13. The number of rotatable bonds is 2. The van der Waals surface area contributed by atoms with E-state index in [4.69, 9.17) is 4.74 Å². The second-order valence-electron chi connectivity index (χ2n) is 5.01. The van der Waals surface area contributed by atoms with Gasteiger partial charge in [-0.25, -0.2) is 0 Å². The molecule has 1 aromatic carbocycles. The van der Waals surface area contributed by atoms with Crippen molar-refractivity contribution in [2.24, 2.45) is 5.41 Å². The van der Waals surface area contributed by atoms with Gasteiger partial charge in [0, 0.05) is 15.8 Å². The van der Waals surface area contributed by atoms with E-state index in [1.165, 1.54) is 11.3 Å². The van der Waals surface area contributed by atoms with Crippen LogP contribution in [0, 0.1) is 16.7 Å². The molecule has 0 spiro atoms. The van der Waals surface area contributed by atoms with Crippen LogP contribution in [-0.2, 0) is 6.42 Å². The summed E-state index contributed by atoms with van der Waals surface area (Å²) in [6.45, 7) is 0.189. The molecule has 0 aliphatic carbocycles. The van der Waals surface area contributed by atoms with Gasteiger partial charge in [-0.05, 0) is 49.6 Å². The lowest BCUT2D eigenvalue weighted by molar-refractivity contribution is 0.0194. The number of hydrogen-bond donors (Lipinski definition) is 1. The van der Waals surface area contributed by atoms with E-state index in [1.54, 1.807) is 0 Å². The molecule has 21 heavy (non-hydrogen) atoms. The summed E-state index contributed by atoms with van der Waals surface area (Å²) in [6, 6.07) is 11.8. The maximum atomic E-state index is 10.7. The molecule has 0 saturated heterocycles. The van der Waals surface area contributed by atoms with Crippen LogP contribution in [0.3, 0.4) is 0 Å². The maximum Gasteiger partial charge on any atom is 0.126 e. The van der Waals surface area contributed by atoms with Crippen molar-refractivity contribution < 1.29 is 9.84 Å². The quantitative estimate of drug-likeness (QED) is 0.768. The van der Waals surface area contributed by atoms with E-state index in [9.17, 15) is 10.4 Å². The standard InChI is InChI=1S/C15H11Br2NO2S/c16-10-5-12(21-14(10)17)13(19)15(7-18)6-9-3-1-2-4-11(9)20-8-15/h1-5,13,19H,6,8H2. The van der Waals surface area contributed by atoms with Gasteiger partial charge in [0.15, 0.2) is 0 Å². The molecule has 6 heteroatoms. The molecular formula is C15H11Br2NO2S. The third-order valence-corrected chi connectivity index (χ3v) is 6.95. The summed E-state index contributed by atoms with van der Waals surface area (Å²) in [4.78, 5) is 0.748. The minimum Gasteiger partial charge on any atom is -0.492 e. The van der Waals surface area contributed by atoms with E-state index < -0.39 is 11.5 Å². The van der Waals surface area contributed by atoms with Crippen molar-refractivity contribution >= 4 is 43.2 Å². The Balaban J connectivity index is 1.97. The third-order valence-electron chi connectivity index (χ3n) is 3.64. The molecule has 108 valence electrons. The smallest absolute Gasteiger partial charge is 0.126 e. The Morgan fingerprint density at radius 3 is 2.81 bits per heavy atom. The Hall–Kier alpha value is -0.870. The maximum absolute atomic E-state index is 10.7. The van der Waals surface area contributed by atoms with Crippen LogP contribution < -0.4 is 4.74 Å².